The zero-order chi connectivity index (χ0) is 16.7. The number of rotatable bonds is 6. The largest absolute Gasteiger partial charge is 1.00 e. The molecule has 3 aromatic rings. The summed E-state index contributed by atoms with van der Waals surface area (Å²) < 4.78 is 0. The van der Waals surface area contributed by atoms with Gasteiger partial charge in [0.25, 0.3) is 0 Å². The van der Waals surface area contributed by atoms with Crippen molar-refractivity contribution in [2.45, 2.75) is 12.8 Å². The quantitative estimate of drug-likeness (QED) is 0.312. The summed E-state index contributed by atoms with van der Waals surface area (Å²) in [5.41, 5.74) is 0. The summed E-state index contributed by atoms with van der Waals surface area (Å²) in [4.78, 5) is 0. The Balaban J connectivity index is 0.00000225. The van der Waals surface area contributed by atoms with Gasteiger partial charge in [0.05, 0.1) is 12.2 Å². The maximum absolute atomic E-state index is 9.04. The third-order valence-electron chi connectivity index (χ3n) is 4.37. The van der Waals surface area contributed by atoms with E-state index in [2.05, 4.69) is 97.1 Å². The van der Waals surface area contributed by atoms with Gasteiger partial charge in [0, 0.05) is 6.42 Å². The topological polar surface area (TPSA) is 23.8 Å². The van der Waals surface area contributed by atoms with Gasteiger partial charge in [-0.3, -0.25) is 0 Å². The Morgan fingerprint density at radius 2 is 1.00 bits per heavy atom. The first-order valence-electron chi connectivity index (χ1n) is 8.30. The van der Waals surface area contributed by atoms with Gasteiger partial charge in [0.15, 0.2) is 0 Å². The Labute approximate surface area is 168 Å². The van der Waals surface area contributed by atoms with Gasteiger partial charge in [0.2, 0.25) is 0 Å². The lowest BCUT2D eigenvalue weighted by atomic mass is 10.1. The first kappa shape index (κ1) is 19.6. The number of hydrogen-bond donors (Lipinski definition) is 0. The van der Waals surface area contributed by atoms with Crippen molar-refractivity contribution in [2.24, 2.45) is 0 Å². The highest BCUT2D eigenvalue weighted by Gasteiger charge is 2.44. The molecule has 0 aliphatic rings. The van der Waals surface area contributed by atoms with E-state index in [4.69, 9.17) is 5.26 Å². The van der Waals surface area contributed by atoms with Crippen molar-refractivity contribution < 1.29 is 24.0 Å². The number of nitrogens with zero attached hydrogens (tertiary/aromatic N) is 1. The minimum atomic E-state index is -1.73. The van der Waals surface area contributed by atoms with E-state index in [0.29, 0.717) is 6.42 Å². The van der Waals surface area contributed by atoms with E-state index in [0.717, 1.165) is 12.6 Å². The minimum Gasteiger partial charge on any atom is -1.00 e. The maximum Gasteiger partial charge on any atom is 0.112 e. The van der Waals surface area contributed by atoms with Crippen molar-refractivity contribution in [3.05, 3.63) is 91.0 Å². The van der Waals surface area contributed by atoms with Gasteiger partial charge >= 0.3 is 0 Å². The van der Waals surface area contributed by atoms with E-state index in [1.165, 1.54) is 15.9 Å². The summed E-state index contributed by atoms with van der Waals surface area (Å²) in [6.45, 7) is 0. The predicted molar refractivity (Wildman–Crippen MR) is 105 cm³/mol. The molecule has 0 spiro atoms. The van der Waals surface area contributed by atoms with Crippen LogP contribution in [0, 0.1) is 11.3 Å². The van der Waals surface area contributed by atoms with Crippen LogP contribution in [0.25, 0.3) is 0 Å². The highest BCUT2D eigenvalue weighted by molar-refractivity contribution is 7.95. The summed E-state index contributed by atoms with van der Waals surface area (Å²) in [6.07, 6.45) is 2.55. The Kier molecular flexibility index (Phi) is 7.62. The summed E-state index contributed by atoms with van der Waals surface area (Å²) in [5, 5.41) is 13.2. The van der Waals surface area contributed by atoms with Gasteiger partial charge in [-0.15, -0.1) is 0 Å². The second kappa shape index (κ2) is 9.70. The van der Waals surface area contributed by atoms with Crippen molar-refractivity contribution in [1.29, 1.82) is 5.26 Å². The molecule has 0 atom stereocenters. The first-order valence-corrected chi connectivity index (χ1v) is 10.3. The molecule has 0 bridgehead atoms. The van der Waals surface area contributed by atoms with Crippen molar-refractivity contribution in [2.75, 3.05) is 6.16 Å². The highest BCUT2D eigenvalue weighted by Crippen LogP contribution is 2.55. The Morgan fingerprint density at radius 1 is 0.640 bits per heavy atom. The van der Waals surface area contributed by atoms with Crippen molar-refractivity contribution in [1.82, 2.24) is 0 Å². The highest BCUT2D eigenvalue weighted by atomic mass is 127. The molecule has 0 fully saturated rings. The minimum absolute atomic E-state index is 0. The Bertz CT molecular complexity index is 701. The molecule has 0 amide bonds. The molecule has 0 saturated heterocycles. The smallest absolute Gasteiger partial charge is 0.112 e. The molecule has 0 N–H and O–H groups in total. The van der Waals surface area contributed by atoms with Crippen LogP contribution < -0.4 is 39.9 Å². The standard InChI is InChI=1S/C22H21NP.HI/c23-18-10-11-19-24(20-12-4-1-5-13-20,21-14-6-2-7-15-21)22-16-8-3-9-17-22;/h1-9,12-17H,10-11,19H2;1H/q+1;/p-1/i18-1;. The second-order valence-corrected chi connectivity index (χ2v) is 9.42. The average Bonchev–Trinajstić information content (AvgIpc) is 2.68. The van der Waals surface area contributed by atoms with Crippen LogP contribution in [-0.4, -0.2) is 6.16 Å². The molecular weight excluding hydrogens is 435 g/mol. The fourth-order valence-electron chi connectivity index (χ4n) is 3.28. The summed E-state index contributed by atoms with van der Waals surface area (Å²) >= 11 is 0. The zero-order valence-corrected chi connectivity index (χ0v) is 17.1. The van der Waals surface area contributed by atoms with Gasteiger partial charge in [-0.1, -0.05) is 54.6 Å². The Morgan fingerprint density at radius 3 is 1.32 bits per heavy atom. The molecule has 0 aliphatic heterocycles. The zero-order valence-electron chi connectivity index (χ0n) is 14.1. The van der Waals surface area contributed by atoms with Crippen LogP contribution in [-0.2, 0) is 0 Å². The van der Waals surface area contributed by atoms with Crippen LogP contribution in [0.1, 0.15) is 12.8 Å². The van der Waals surface area contributed by atoms with Gasteiger partial charge in [-0.25, -0.2) is 0 Å². The van der Waals surface area contributed by atoms with Crippen LogP contribution in [0.3, 0.4) is 0 Å². The second-order valence-electron chi connectivity index (χ2n) is 5.80. The van der Waals surface area contributed by atoms with Gasteiger partial charge in [0.1, 0.15) is 23.2 Å². The molecule has 3 heteroatoms. The lowest BCUT2D eigenvalue weighted by Crippen LogP contribution is -3.00. The normalized spacial score (nSPS) is 10.5. The Hall–Kier alpha value is -1.69. The van der Waals surface area contributed by atoms with Gasteiger partial charge in [-0.05, 0) is 42.8 Å². The number of hydrogen-bond acceptors (Lipinski definition) is 1. The van der Waals surface area contributed by atoms with Crippen molar-refractivity contribution in [3.8, 4) is 6.07 Å². The lowest BCUT2D eigenvalue weighted by Gasteiger charge is -2.27. The third-order valence-corrected chi connectivity index (χ3v) is 8.90. The molecule has 0 aliphatic carbocycles. The van der Waals surface area contributed by atoms with E-state index in [1.54, 1.807) is 0 Å². The van der Waals surface area contributed by atoms with Crippen LogP contribution in [0.4, 0.5) is 0 Å². The van der Waals surface area contributed by atoms with E-state index < -0.39 is 7.26 Å². The summed E-state index contributed by atoms with van der Waals surface area (Å²) in [7, 11) is -1.73. The van der Waals surface area contributed by atoms with Crippen LogP contribution in [0.2, 0.25) is 0 Å². The lowest BCUT2D eigenvalue weighted by molar-refractivity contribution is -0.00000494. The molecular formula is C22H21INP. The fraction of sp³-hybridized carbons (Fsp3) is 0.136. The van der Waals surface area contributed by atoms with E-state index in [1.807, 2.05) is 0 Å². The first-order chi connectivity index (χ1) is 11.9. The predicted octanol–water partition coefficient (Wildman–Crippen LogP) is 1.29. The van der Waals surface area contributed by atoms with E-state index in [-0.39, 0.29) is 24.0 Å². The fourth-order valence-corrected chi connectivity index (χ4v) is 7.62. The molecule has 0 unspecified atom stereocenters. The summed E-state index contributed by atoms with van der Waals surface area (Å²) in [6, 6.07) is 34.8. The number of nitriles is 1. The summed E-state index contributed by atoms with van der Waals surface area (Å²) in [5.74, 6) is 0. The number of halogens is 1. The molecule has 0 saturated carbocycles. The van der Waals surface area contributed by atoms with E-state index in [9.17, 15) is 0 Å². The van der Waals surface area contributed by atoms with Crippen LogP contribution in [0.15, 0.2) is 91.0 Å². The molecule has 25 heavy (non-hydrogen) atoms. The third kappa shape index (κ3) is 4.29. The molecule has 1 nitrogen and oxygen atoms in total. The van der Waals surface area contributed by atoms with Crippen molar-refractivity contribution in [3.63, 3.8) is 0 Å². The molecule has 0 aromatic heterocycles. The molecule has 0 radical (unpaired) electrons. The SMILES string of the molecule is N#[11C]CCC[P+](c1ccccc1)(c1ccccc1)c1ccccc1.[I-]. The number of unbranched alkanes of at least 4 members (excludes halogenated alkanes) is 1. The maximum atomic E-state index is 9.04. The van der Waals surface area contributed by atoms with Crippen LogP contribution >= 0.6 is 7.26 Å². The number of benzene rings is 3. The monoisotopic (exact) mass is 456 g/mol. The van der Waals surface area contributed by atoms with Crippen molar-refractivity contribution >= 4 is 23.2 Å². The molecule has 3 rings (SSSR count). The average molecular weight is 456 g/mol. The van der Waals surface area contributed by atoms with Gasteiger partial charge < -0.3 is 24.0 Å². The van der Waals surface area contributed by atoms with E-state index >= 15 is 0 Å². The molecule has 0 heterocycles. The molecule has 3 aromatic carbocycles. The molecule has 126 valence electrons. The van der Waals surface area contributed by atoms with Crippen LogP contribution in [0.5, 0.6) is 0 Å². The van der Waals surface area contributed by atoms with Gasteiger partial charge in [-0.2, -0.15) is 5.26 Å².